The van der Waals surface area contributed by atoms with E-state index < -0.39 is 16.0 Å². The molecule has 0 aliphatic rings. The molecule has 0 bridgehead atoms. The average molecular weight is 435 g/mol. The number of nitrogens with one attached hydrogen (secondary N) is 1. The van der Waals surface area contributed by atoms with Crippen molar-refractivity contribution in [3.8, 4) is 0 Å². The van der Waals surface area contributed by atoms with Crippen LogP contribution in [0.1, 0.15) is 10.4 Å². The number of sulfonamides is 1. The number of amides is 1. The lowest BCUT2D eigenvalue weighted by Crippen LogP contribution is -2.31. The maximum Gasteiger partial charge on any atom is 0.285 e. The Morgan fingerprint density at radius 1 is 0.871 bits per heavy atom. The van der Waals surface area contributed by atoms with Gasteiger partial charge in [0.25, 0.3) is 15.9 Å². The number of nitrogens with two attached hydrogens (primary N) is 2. The van der Waals surface area contributed by atoms with Gasteiger partial charge < -0.3 is 16.8 Å². The lowest BCUT2D eigenvalue weighted by atomic mass is 10.0. The second-order valence-electron chi connectivity index (χ2n) is 6.94. The predicted molar refractivity (Wildman–Crippen MR) is 120 cm³/mol. The minimum Gasteiger partial charge on any atom is -0.369 e. The lowest BCUT2D eigenvalue weighted by Gasteiger charge is -2.11. The average Bonchev–Trinajstić information content (AvgIpc) is 2.73. The minimum absolute atomic E-state index is 0.0819. The van der Waals surface area contributed by atoms with E-state index in [1.54, 1.807) is 0 Å². The Hall–Kier alpha value is -3.98. The van der Waals surface area contributed by atoms with Gasteiger partial charge in [-0.05, 0) is 36.4 Å². The van der Waals surface area contributed by atoms with Crippen molar-refractivity contribution in [1.29, 1.82) is 0 Å². The van der Waals surface area contributed by atoms with Gasteiger partial charge in [-0.3, -0.25) is 4.79 Å². The van der Waals surface area contributed by atoms with Gasteiger partial charge >= 0.3 is 0 Å². The first kappa shape index (κ1) is 20.3. The summed E-state index contributed by atoms with van der Waals surface area (Å²) in [6.07, 6.45) is 0. The molecule has 3 aromatic carbocycles. The molecule has 4 aromatic rings. The Morgan fingerprint density at radius 2 is 1.39 bits per heavy atom. The molecular formula is C22H20N5O3S+. The van der Waals surface area contributed by atoms with Crippen LogP contribution >= 0.6 is 0 Å². The highest BCUT2D eigenvalue weighted by atomic mass is 32.2. The summed E-state index contributed by atoms with van der Waals surface area (Å²) < 4.78 is 29.5. The van der Waals surface area contributed by atoms with Gasteiger partial charge in [0.15, 0.2) is 0 Å². The predicted octanol–water partition coefficient (Wildman–Crippen LogP) is 2.03. The Labute approximate surface area is 178 Å². The van der Waals surface area contributed by atoms with Crippen LogP contribution in [0.15, 0.2) is 82.1 Å². The van der Waals surface area contributed by atoms with Crippen molar-refractivity contribution in [2.24, 2.45) is 22.9 Å². The second-order valence-corrected chi connectivity index (χ2v) is 8.54. The number of rotatable bonds is 4. The molecule has 0 atom stereocenters. The Kier molecular flexibility index (Phi) is 5.04. The molecule has 5 N–H and O–H groups in total. The Bertz CT molecular complexity index is 1400. The molecule has 31 heavy (non-hydrogen) atoms. The monoisotopic (exact) mass is 434 g/mol. The number of para-hydroxylation sites is 2. The Morgan fingerprint density at radius 3 is 1.90 bits per heavy atom. The fourth-order valence-corrected chi connectivity index (χ4v) is 4.43. The molecule has 0 spiro atoms. The van der Waals surface area contributed by atoms with Crippen LogP contribution in [0.4, 0.5) is 5.69 Å². The first-order valence-electron chi connectivity index (χ1n) is 9.35. The smallest absolute Gasteiger partial charge is 0.285 e. The maximum atomic E-state index is 13.3. The first-order valence-corrected chi connectivity index (χ1v) is 10.8. The summed E-state index contributed by atoms with van der Waals surface area (Å²) in [6, 6.07) is 21.0. The number of benzene rings is 3. The quantitative estimate of drug-likeness (QED) is 0.196. The third-order valence-corrected chi connectivity index (χ3v) is 6.25. The number of aromatic nitrogens is 1. The van der Waals surface area contributed by atoms with Gasteiger partial charge in [0.2, 0.25) is 17.0 Å². The van der Waals surface area contributed by atoms with Crippen molar-refractivity contribution in [3.05, 3.63) is 78.4 Å². The third-order valence-electron chi connectivity index (χ3n) is 4.93. The summed E-state index contributed by atoms with van der Waals surface area (Å²) in [5, 5.41) is 4.48. The topological polar surface area (TPSA) is 132 Å². The van der Waals surface area contributed by atoms with Crippen LogP contribution in [0, 0.1) is 0 Å². The second kappa shape index (κ2) is 7.69. The zero-order valence-corrected chi connectivity index (χ0v) is 17.4. The van der Waals surface area contributed by atoms with Gasteiger partial charge in [0, 0.05) is 17.8 Å². The van der Waals surface area contributed by atoms with Gasteiger partial charge in [0.05, 0.1) is 21.2 Å². The van der Waals surface area contributed by atoms with Crippen LogP contribution < -0.4 is 21.4 Å². The fraction of sp³-hybridized carbons (Fsp3) is 0.0455. The van der Waals surface area contributed by atoms with Crippen LogP contribution in [0.3, 0.4) is 0 Å². The summed E-state index contributed by atoms with van der Waals surface area (Å²) in [5.41, 5.74) is 13.2. The highest BCUT2D eigenvalue weighted by Crippen LogP contribution is 2.26. The number of pyridine rings is 1. The summed E-state index contributed by atoms with van der Waals surface area (Å²) in [7, 11) is -2.04. The van der Waals surface area contributed by atoms with Gasteiger partial charge in [-0.1, -0.05) is 24.3 Å². The molecule has 0 aliphatic heterocycles. The minimum atomic E-state index is -4.00. The van der Waals surface area contributed by atoms with E-state index in [0.717, 1.165) is 21.8 Å². The number of nitrogens with zero attached hydrogens (tertiary/aromatic N) is 2. The van der Waals surface area contributed by atoms with Gasteiger partial charge in [-0.25, -0.2) is 0 Å². The molecule has 8 nitrogen and oxygen atoms in total. The number of anilines is 1. The van der Waals surface area contributed by atoms with E-state index in [0.29, 0.717) is 11.3 Å². The van der Waals surface area contributed by atoms with E-state index >= 15 is 0 Å². The van der Waals surface area contributed by atoms with E-state index in [9.17, 15) is 13.2 Å². The van der Waals surface area contributed by atoms with Gasteiger partial charge in [-0.15, -0.1) is 4.40 Å². The van der Waals surface area contributed by atoms with E-state index in [2.05, 4.69) is 9.71 Å². The van der Waals surface area contributed by atoms with Crippen molar-refractivity contribution in [3.63, 3.8) is 0 Å². The lowest BCUT2D eigenvalue weighted by molar-refractivity contribution is -0.617. The third kappa shape index (κ3) is 3.78. The number of fused-ring (bicyclic) bond motifs is 2. The molecule has 1 amide bonds. The highest BCUT2D eigenvalue weighted by Gasteiger charge is 2.22. The molecule has 4 rings (SSSR count). The van der Waals surface area contributed by atoms with E-state index in [4.69, 9.17) is 11.5 Å². The van der Waals surface area contributed by atoms with Crippen LogP contribution in [-0.2, 0) is 17.1 Å². The maximum absolute atomic E-state index is 13.3. The van der Waals surface area contributed by atoms with Crippen molar-refractivity contribution in [1.82, 2.24) is 0 Å². The van der Waals surface area contributed by atoms with Crippen LogP contribution in [0.25, 0.3) is 21.8 Å². The van der Waals surface area contributed by atoms with Crippen molar-refractivity contribution in [2.45, 2.75) is 4.90 Å². The number of carbonyl (C=O) groups is 1. The number of aryl methyl sites for hydroxylation is 1. The summed E-state index contributed by atoms with van der Waals surface area (Å²) >= 11 is 0. The normalized spacial score (nSPS) is 11.4. The van der Waals surface area contributed by atoms with Gasteiger partial charge in [0.1, 0.15) is 7.05 Å². The molecule has 1 aromatic heterocycles. The zero-order chi connectivity index (χ0) is 22.2. The van der Waals surface area contributed by atoms with E-state index in [1.807, 2.05) is 60.1 Å². The Balaban J connectivity index is 1.76. The summed E-state index contributed by atoms with van der Waals surface area (Å²) in [4.78, 5) is 13.2. The zero-order valence-electron chi connectivity index (χ0n) is 16.6. The summed E-state index contributed by atoms with van der Waals surface area (Å²) in [5.74, 6) is -0.846. The van der Waals surface area contributed by atoms with Gasteiger partial charge in [-0.2, -0.15) is 13.0 Å². The molecular weight excluding hydrogens is 414 g/mol. The number of hydrogen-bond acceptors (Lipinski definition) is 3. The molecule has 0 fully saturated rings. The summed E-state index contributed by atoms with van der Waals surface area (Å²) in [6.45, 7) is 0. The molecule has 0 unspecified atom stereocenters. The number of hydrogen-bond donors (Lipinski definition) is 3. The molecule has 0 aliphatic carbocycles. The first-order chi connectivity index (χ1) is 14.8. The van der Waals surface area contributed by atoms with Crippen molar-refractivity contribution < 1.29 is 17.8 Å². The molecule has 9 heteroatoms. The molecule has 1 heterocycles. The molecule has 0 saturated carbocycles. The molecule has 156 valence electrons. The van der Waals surface area contributed by atoms with Crippen molar-refractivity contribution >= 4 is 49.4 Å². The van der Waals surface area contributed by atoms with E-state index in [1.165, 1.54) is 24.3 Å². The van der Waals surface area contributed by atoms with Crippen LogP contribution in [0.5, 0.6) is 0 Å². The van der Waals surface area contributed by atoms with Crippen LogP contribution in [0.2, 0.25) is 0 Å². The van der Waals surface area contributed by atoms with E-state index in [-0.39, 0.29) is 10.8 Å². The number of carbonyl (C=O) groups excluding carboxylic acids is 1. The molecule has 0 saturated heterocycles. The fourth-order valence-electron chi connectivity index (χ4n) is 3.57. The van der Waals surface area contributed by atoms with Crippen LogP contribution in [-0.4, -0.2) is 20.3 Å². The standard InChI is InChI=1S/C22H19N5O3S/c1-27-18-8-4-2-6-16(18)20(17-7-3-5-9-19(17)27)21(28)25-14-10-12-15(13-11-14)31(29,30)26-22(23)24/h2-13H,1H3,(H4-,23,24,25,26,28)/p+1. The molecule has 0 radical (unpaired) electrons. The largest absolute Gasteiger partial charge is 0.369 e. The SMILES string of the molecule is C[n+]1c2ccccc2c(C(=O)Nc2ccc(S(=O)(=O)N=C(N)N)cc2)c2ccccc21. The highest BCUT2D eigenvalue weighted by molar-refractivity contribution is 7.90. The number of guanidine groups is 1. The van der Waals surface area contributed by atoms with Crippen molar-refractivity contribution in [2.75, 3.05) is 5.32 Å².